The van der Waals surface area contributed by atoms with E-state index < -0.39 is 48.7 Å². The maximum atomic E-state index is 12.3. The largest absolute Gasteiger partial charge is 0.510 e. The number of nitrogens with one attached hydrogen (secondary N) is 3. The Morgan fingerprint density at radius 1 is 0.898 bits per heavy atom. The van der Waals surface area contributed by atoms with E-state index >= 15 is 0 Å². The number of aliphatic carboxylic acids is 1. The van der Waals surface area contributed by atoms with Crippen molar-refractivity contribution in [3.8, 4) is 0 Å². The number of guanidine groups is 1. The summed E-state index contributed by atoms with van der Waals surface area (Å²) in [6, 6.07) is 0. The van der Waals surface area contributed by atoms with Crippen molar-refractivity contribution in [2.45, 2.75) is 123 Å². The van der Waals surface area contributed by atoms with Crippen LogP contribution in [0.25, 0.3) is 0 Å². The molecular formula is C45H66N4O10. The molecule has 1 amide bonds. The van der Waals surface area contributed by atoms with Crippen molar-refractivity contribution in [2.75, 3.05) is 6.54 Å². The van der Waals surface area contributed by atoms with Gasteiger partial charge in [-0.15, -0.1) is 0 Å². The fraction of sp³-hybridized carbons (Fsp3) is 0.511. The summed E-state index contributed by atoms with van der Waals surface area (Å²) in [7, 11) is 0. The van der Waals surface area contributed by atoms with E-state index in [9.17, 15) is 39.9 Å². The molecule has 1 saturated heterocycles. The summed E-state index contributed by atoms with van der Waals surface area (Å²) in [5.41, 5.74) is 6.44. The highest BCUT2D eigenvalue weighted by molar-refractivity contribution is 6.04. The third-order valence-corrected chi connectivity index (χ3v) is 9.78. The highest BCUT2D eigenvalue weighted by Gasteiger charge is 2.48. The Morgan fingerprint density at radius 3 is 2.20 bits per heavy atom. The Hall–Kier alpha value is -4.86. The average Bonchev–Trinajstić information content (AvgIpc) is 3.50. The van der Waals surface area contributed by atoms with Gasteiger partial charge in [0.2, 0.25) is 0 Å². The third kappa shape index (κ3) is 18.7. The first-order valence-electron chi connectivity index (χ1n) is 20.3. The molecule has 0 aromatic heterocycles. The molecule has 1 aliphatic carbocycles. The molecule has 326 valence electrons. The molecule has 1 aliphatic heterocycles. The molecule has 14 nitrogen and oxygen atoms in total. The van der Waals surface area contributed by atoms with E-state index in [1.54, 1.807) is 49.5 Å². The van der Waals surface area contributed by atoms with Gasteiger partial charge in [0.1, 0.15) is 29.8 Å². The van der Waals surface area contributed by atoms with E-state index in [-0.39, 0.29) is 47.9 Å². The van der Waals surface area contributed by atoms with Crippen LogP contribution in [0.4, 0.5) is 0 Å². The third-order valence-electron chi connectivity index (χ3n) is 9.78. The van der Waals surface area contributed by atoms with Crippen molar-refractivity contribution in [3.05, 3.63) is 108 Å². The van der Waals surface area contributed by atoms with Crippen LogP contribution in [0.1, 0.15) is 86.0 Å². The number of carbonyl (C=O) groups excluding carboxylic acids is 2. The highest BCUT2D eigenvalue weighted by Crippen LogP contribution is 2.29. The van der Waals surface area contributed by atoms with Crippen molar-refractivity contribution in [1.29, 1.82) is 5.41 Å². The van der Waals surface area contributed by atoms with Crippen molar-refractivity contribution in [1.82, 2.24) is 10.6 Å². The number of rotatable bonds is 24. The summed E-state index contributed by atoms with van der Waals surface area (Å²) in [6.07, 6.45) is 23.5. The van der Waals surface area contributed by atoms with Crippen molar-refractivity contribution in [2.24, 2.45) is 23.5 Å². The summed E-state index contributed by atoms with van der Waals surface area (Å²) in [4.78, 5) is 35.9. The number of ether oxygens (including phenoxy) is 2. The van der Waals surface area contributed by atoms with E-state index in [2.05, 4.69) is 54.9 Å². The molecule has 0 aromatic carbocycles. The molecule has 10 N–H and O–H groups in total. The molecule has 1 heterocycles. The SMILES string of the molecule is CC(=CC=CC=CC=CC=CC(C)C(OC1OC(C(=O)O)C(O)C(O)C1O)C(C)=CC(C)CCCC=CC(C)CC=CCCCNC(=N)N)C(=O)NC1=C(O)CCC1=O. The standard InChI is InChI=1S/C45H66N4O10/c1-29(20-14-11-12-19-27-48-45(46)47)21-15-13-16-22-30(2)28-33(5)40(58-44-39(54)37(52)38(53)41(59-44)43(56)57)31(3)23-17-9-7-6-8-10-18-24-32(4)42(55)49-36-34(50)25-26-35(36)51/h6-11,14-15,17-18,21,23-24,28-31,37-41,44,50,52-54H,12-13,16,19-20,22,25-27H2,1-5H3,(H,49,55)(H,56,57)(H4,46,47,48). The molecule has 2 rings (SSSR count). The van der Waals surface area contributed by atoms with Crippen LogP contribution in [0.5, 0.6) is 0 Å². The van der Waals surface area contributed by atoms with Gasteiger partial charge < -0.3 is 51.4 Å². The van der Waals surface area contributed by atoms with E-state index in [0.717, 1.165) is 44.1 Å². The molecule has 0 spiro atoms. The molecular weight excluding hydrogens is 757 g/mol. The smallest absolute Gasteiger partial charge is 0.335 e. The number of nitrogens with two attached hydrogens (primary N) is 1. The average molecular weight is 823 g/mol. The molecule has 59 heavy (non-hydrogen) atoms. The second-order valence-corrected chi connectivity index (χ2v) is 15.2. The summed E-state index contributed by atoms with van der Waals surface area (Å²) >= 11 is 0. The minimum Gasteiger partial charge on any atom is -0.510 e. The Morgan fingerprint density at radius 2 is 1.56 bits per heavy atom. The number of hydrogen-bond donors (Lipinski definition) is 9. The molecule has 9 atom stereocenters. The second-order valence-electron chi connectivity index (χ2n) is 15.2. The summed E-state index contributed by atoms with van der Waals surface area (Å²) in [6.45, 7) is 10.4. The van der Waals surface area contributed by atoms with E-state index in [1.807, 2.05) is 26.0 Å². The minimum atomic E-state index is -1.83. The molecule has 14 heteroatoms. The van der Waals surface area contributed by atoms with Gasteiger partial charge in [0.15, 0.2) is 24.1 Å². The number of carbonyl (C=O) groups is 3. The molecule has 0 aromatic rings. The van der Waals surface area contributed by atoms with Gasteiger partial charge in [-0.05, 0) is 69.8 Å². The minimum absolute atomic E-state index is 0.00688. The van der Waals surface area contributed by atoms with E-state index in [4.69, 9.17) is 20.6 Å². The Bertz CT molecular complexity index is 1670. The van der Waals surface area contributed by atoms with Gasteiger partial charge in [-0.25, -0.2) is 4.79 Å². The number of allylic oxidation sites excluding steroid dienone is 15. The number of amides is 1. The monoisotopic (exact) mass is 822 g/mol. The maximum Gasteiger partial charge on any atom is 0.335 e. The lowest BCUT2D eigenvalue weighted by molar-refractivity contribution is -0.303. The predicted molar refractivity (Wildman–Crippen MR) is 229 cm³/mol. The summed E-state index contributed by atoms with van der Waals surface area (Å²) < 4.78 is 11.7. The first-order valence-corrected chi connectivity index (χ1v) is 20.3. The highest BCUT2D eigenvalue weighted by atomic mass is 16.7. The molecule has 2 aliphatic rings. The molecule has 0 bridgehead atoms. The van der Waals surface area contributed by atoms with Crippen LogP contribution < -0.4 is 16.4 Å². The number of Topliss-reactive ketones (excluding diaryl/α,β-unsaturated/α-hetero) is 1. The lowest BCUT2D eigenvalue weighted by Gasteiger charge is -2.40. The van der Waals surface area contributed by atoms with E-state index in [0.29, 0.717) is 18.0 Å². The zero-order valence-electron chi connectivity index (χ0n) is 35.0. The fourth-order valence-electron chi connectivity index (χ4n) is 6.35. The Kier molecular flexibility index (Phi) is 23.0. The van der Waals surface area contributed by atoms with Gasteiger partial charge >= 0.3 is 5.97 Å². The Balaban J connectivity index is 2.02. The molecule has 1 fully saturated rings. The van der Waals surface area contributed by atoms with Gasteiger partial charge in [0, 0.05) is 30.9 Å². The van der Waals surface area contributed by atoms with E-state index in [1.165, 1.54) is 0 Å². The normalized spacial score (nSPS) is 24.3. The molecule has 0 saturated carbocycles. The number of carboxylic acid groups (broad SMARTS) is 1. The zero-order chi connectivity index (χ0) is 43.9. The van der Waals surface area contributed by atoms with Crippen LogP contribution in [0, 0.1) is 23.2 Å². The number of aliphatic hydroxyl groups is 4. The van der Waals surface area contributed by atoms with Crippen molar-refractivity contribution in [3.63, 3.8) is 0 Å². The first kappa shape index (κ1) is 50.3. The van der Waals surface area contributed by atoms with Crippen LogP contribution in [0.15, 0.2) is 108 Å². The van der Waals surface area contributed by atoms with Crippen LogP contribution in [-0.4, -0.2) is 92.5 Å². The van der Waals surface area contributed by atoms with Gasteiger partial charge in [-0.2, -0.15) is 0 Å². The van der Waals surface area contributed by atoms with Crippen LogP contribution in [0.3, 0.4) is 0 Å². The second kappa shape index (κ2) is 27.0. The lowest BCUT2D eigenvalue weighted by atomic mass is 9.92. The predicted octanol–water partition coefficient (Wildman–Crippen LogP) is 5.47. The fourth-order valence-corrected chi connectivity index (χ4v) is 6.35. The van der Waals surface area contributed by atoms with Gasteiger partial charge in [-0.1, -0.05) is 106 Å². The van der Waals surface area contributed by atoms with Gasteiger partial charge in [0.25, 0.3) is 5.91 Å². The quantitative estimate of drug-likeness (QED) is 0.0147. The van der Waals surface area contributed by atoms with Crippen molar-refractivity contribution >= 4 is 23.6 Å². The first-order chi connectivity index (χ1) is 28.0. The summed E-state index contributed by atoms with van der Waals surface area (Å²) in [5, 5.41) is 63.1. The van der Waals surface area contributed by atoms with Crippen molar-refractivity contribution < 1.29 is 49.4 Å². The number of ketones is 1. The van der Waals surface area contributed by atoms with Gasteiger partial charge in [-0.3, -0.25) is 15.0 Å². The number of carboxylic acids is 1. The topological polar surface area (TPSA) is 245 Å². The number of aliphatic hydroxyl groups excluding tert-OH is 4. The Labute approximate surface area is 348 Å². The lowest BCUT2D eigenvalue weighted by Crippen LogP contribution is -2.61. The summed E-state index contributed by atoms with van der Waals surface area (Å²) in [5.74, 6) is -2.06. The van der Waals surface area contributed by atoms with Crippen LogP contribution in [-0.2, 0) is 23.9 Å². The van der Waals surface area contributed by atoms with Crippen LogP contribution in [0.2, 0.25) is 0 Å². The van der Waals surface area contributed by atoms with Crippen LogP contribution >= 0.6 is 0 Å². The maximum absolute atomic E-state index is 12.3. The number of unbranched alkanes of at least 4 members (excludes halogenated alkanes) is 2. The number of hydrogen-bond acceptors (Lipinski definition) is 10. The molecule has 0 radical (unpaired) electrons. The molecule has 9 unspecified atom stereocenters. The zero-order valence-corrected chi connectivity index (χ0v) is 35.0. The van der Waals surface area contributed by atoms with Gasteiger partial charge in [0.05, 0.1) is 6.10 Å².